The summed E-state index contributed by atoms with van der Waals surface area (Å²) in [7, 11) is 1.31. The van der Waals surface area contributed by atoms with Gasteiger partial charge in [0.2, 0.25) is 0 Å². The van der Waals surface area contributed by atoms with Gasteiger partial charge in [-0.1, -0.05) is 59.9 Å². The summed E-state index contributed by atoms with van der Waals surface area (Å²) < 4.78 is 26.9. The predicted octanol–water partition coefficient (Wildman–Crippen LogP) is 6.76. The summed E-state index contributed by atoms with van der Waals surface area (Å²) in [4.78, 5) is 32.0. The summed E-state index contributed by atoms with van der Waals surface area (Å²) in [5.41, 5.74) is 2.62. The molecule has 240 valence electrons. The molecule has 0 saturated heterocycles. The van der Waals surface area contributed by atoms with E-state index in [4.69, 9.17) is 18.9 Å². The number of rotatable bonds is 10. The molecule has 6 rings (SSSR count). The van der Waals surface area contributed by atoms with Crippen molar-refractivity contribution in [2.24, 2.45) is 4.99 Å². The third-order valence-corrected chi connectivity index (χ3v) is 10.2. The molecular weight excluding hydrogens is 842 g/mol. The lowest BCUT2D eigenvalue weighted by atomic mass is 9.97. The number of thiazole rings is 1. The average Bonchev–Trinajstić information content (AvgIpc) is 3.39. The quantitative estimate of drug-likeness (QED) is 0.114. The minimum Gasteiger partial charge on any atom is -0.490 e. The summed E-state index contributed by atoms with van der Waals surface area (Å²) in [6.45, 7) is 5.12. The largest absolute Gasteiger partial charge is 0.490 e. The zero-order valence-corrected chi connectivity index (χ0v) is 30.9. The number of carbonyl (C=O) groups excluding carboxylic acids is 1. The van der Waals surface area contributed by atoms with Crippen molar-refractivity contribution in [2.45, 2.75) is 26.5 Å². The molecule has 11 heteroatoms. The Hall–Kier alpha value is -3.69. The molecule has 0 amide bonds. The highest BCUT2D eigenvalue weighted by Crippen LogP contribution is 2.35. The van der Waals surface area contributed by atoms with E-state index in [2.05, 4.69) is 74.4 Å². The van der Waals surface area contributed by atoms with Crippen LogP contribution in [0.3, 0.4) is 0 Å². The highest BCUT2D eigenvalue weighted by molar-refractivity contribution is 14.1. The number of fused-ring (bicyclic) bond motifs is 2. The van der Waals surface area contributed by atoms with E-state index in [1.165, 1.54) is 35.4 Å². The van der Waals surface area contributed by atoms with E-state index >= 15 is 0 Å². The average molecular weight is 873 g/mol. The van der Waals surface area contributed by atoms with Crippen LogP contribution in [0.25, 0.3) is 16.8 Å². The van der Waals surface area contributed by atoms with Gasteiger partial charge < -0.3 is 18.9 Å². The first-order valence-corrected chi connectivity index (χ1v) is 17.9. The van der Waals surface area contributed by atoms with Gasteiger partial charge in [0, 0.05) is 6.20 Å². The Morgan fingerprint density at radius 3 is 2.40 bits per heavy atom. The first kappa shape index (κ1) is 33.2. The Morgan fingerprint density at radius 1 is 0.936 bits per heavy atom. The Morgan fingerprint density at radius 2 is 1.66 bits per heavy atom. The van der Waals surface area contributed by atoms with E-state index in [-0.39, 0.29) is 11.1 Å². The van der Waals surface area contributed by atoms with Crippen LogP contribution in [0.4, 0.5) is 0 Å². The third-order valence-electron chi connectivity index (χ3n) is 7.58. The number of benzene rings is 4. The van der Waals surface area contributed by atoms with Crippen molar-refractivity contribution in [3.05, 3.63) is 128 Å². The van der Waals surface area contributed by atoms with E-state index in [0.29, 0.717) is 46.2 Å². The Labute approximate surface area is 302 Å². The molecule has 5 aromatic rings. The van der Waals surface area contributed by atoms with Crippen molar-refractivity contribution < 1.29 is 23.7 Å². The maximum atomic E-state index is 14.1. The maximum Gasteiger partial charge on any atom is 0.337 e. The molecule has 47 heavy (non-hydrogen) atoms. The van der Waals surface area contributed by atoms with Gasteiger partial charge in [0.1, 0.15) is 12.4 Å². The minimum atomic E-state index is -0.763. The summed E-state index contributed by atoms with van der Waals surface area (Å²) in [5.74, 6) is 1.34. The number of hydrogen-bond acceptors (Lipinski definition) is 8. The van der Waals surface area contributed by atoms with Gasteiger partial charge in [-0.25, -0.2) is 9.79 Å². The van der Waals surface area contributed by atoms with Gasteiger partial charge in [0.05, 0.1) is 43.6 Å². The monoisotopic (exact) mass is 872 g/mol. The molecule has 1 aromatic heterocycles. The van der Waals surface area contributed by atoms with Crippen molar-refractivity contribution in [3.63, 3.8) is 0 Å². The van der Waals surface area contributed by atoms with Crippen molar-refractivity contribution in [1.82, 2.24) is 4.57 Å². The van der Waals surface area contributed by atoms with Crippen LogP contribution in [-0.2, 0) is 16.1 Å². The predicted molar refractivity (Wildman–Crippen MR) is 200 cm³/mol. The molecule has 0 aliphatic carbocycles. The normalized spacial score (nSPS) is 14.3. The van der Waals surface area contributed by atoms with Gasteiger partial charge in [0.15, 0.2) is 16.3 Å². The Kier molecular flexibility index (Phi) is 10.3. The van der Waals surface area contributed by atoms with Crippen molar-refractivity contribution >= 4 is 79.3 Å². The number of carbonyl (C=O) groups is 1. The van der Waals surface area contributed by atoms with Gasteiger partial charge in [-0.05, 0) is 117 Å². The zero-order chi connectivity index (χ0) is 33.1. The van der Waals surface area contributed by atoms with Crippen LogP contribution in [0, 0.1) is 7.14 Å². The van der Waals surface area contributed by atoms with E-state index < -0.39 is 12.0 Å². The molecule has 0 radical (unpaired) electrons. The summed E-state index contributed by atoms with van der Waals surface area (Å²) in [5, 5.41) is 2.34. The van der Waals surface area contributed by atoms with Crippen LogP contribution in [0.2, 0.25) is 0 Å². The number of hydrogen-bond donors (Lipinski definition) is 0. The number of nitrogens with zero attached hydrogens (tertiary/aromatic N) is 2. The Bertz CT molecular complexity index is 2180. The van der Waals surface area contributed by atoms with Crippen LogP contribution < -0.4 is 29.1 Å². The molecule has 0 spiro atoms. The fourth-order valence-electron chi connectivity index (χ4n) is 5.51. The van der Waals surface area contributed by atoms with Gasteiger partial charge in [-0.3, -0.25) is 9.36 Å². The van der Waals surface area contributed by atoms with E-state index in [1.807, 2.05) is 56.3 Å². The summed E-state index contributed by atoms with van der Waals surface area (Å²) >= 11 is 5.81. The van der Waals surface area contributed by atoms with Gasteiger partial charge in [-0.15, -0.1) is 0 Å². The third kappa shape index (κ3) is 6.83. The minimum absolute atomic E-state index is 0.245. The molecule has 0 saturated carbocycles. The van der Waals surface area contributed by atoms with E-state index in [1.54, 1.807) is 16.7 Å². The molecule has 8 nitrogen and oxygen atoms in total. The second-order valence-corrected chi connectivity index (χ2v) is 13.8. The van der Waals surface area contributed by atoms with Gasteiger partial charge in [-0.2, -0.15) is 0 Å². The summed E-state index contributed by atoms with van der Waals surface area (Å²) in [6.07, 6.45) is 3.33. The highest BCUT2D eigenvalue weighted by Gasteiger charge is 2.31. The number of ether oxygens (including phenoxy) is 4. The van der Waals surface area contributed by atoms with Crippen molar-refractivity contribution in [3.8, 4) is 17.2 Å². The molecule has 2 heterocycles. The highest BCUT2D eigenvalue weighted by atomic mass is 127. The molecule has 0 fully saturated rings. The molecule has 0 unspecified atom stereocenters. The summed E-state index contributed by atoms with van der Waals surface area (Å²) in [6, 6.07) is 23.2. The lowest BCUT2D eigenvalue weighted by Crippen LogP contribution is -2.39. The zero-order valence-electron chi connectivity index (χ0n) is 25.8. The smallest absolute Gasteiger partial charge is 0.337 e. The van der Waals surface area contributed by atoms with E-state index in [9.17, 15) is 9.59 Å². The molecule has 1 aliphatic heterocycles. The number of esters is 1. The van der Waals surface area contributed by atoms with Gasteiger partial charge in [0.25, 0.3) is 5.56 Å². The first-order valence-electron chi connectivity index (χ1n) is 14.9. The number of methoxy groups -OCH3 is 1. The molecule has 1 aliphatic rings. The van der Waals surface area contributed by atoms with Crippen LogP contribution in [0.1, 0.15) is 36.6 Å². The van der Waals surface area contributed by atoms with Gasteiger partial charge >= 0.3 is 5.97 Å². The number of aromatic nitrogens is 1. The Balaban J connectivity index is 1.36. The SMILES string of the molecule is CCOc1ccc([C@@H]2C(C(=O)OC)=CN=c3s/c(=C\c4cc(I)c(OCc5cccc6ccccc56)c(I)c4)c(=O)n32)cc1OCC. The molecule has 0 N–H and O–H groups in total. The van der Waals surface area contributed by atoms with Crippen molar-refractivity contribution in [2.75, 3.05) is 20.3 Å². The first-order chi connectivity index (χ1) is 22.8. The molecule has 0 bridgehead atoms. The lowest BCUT2D eigenvalue weighted by molar-refractivity contribution is -0.136. The topological polar surface area (TPSA) is 88.4 Å². The van der Waals surface area contributed by atoms with E-state index in [0.717, 1.165) is 24.0 Å². The second-order valence-electron chi connectivity index (χ2n) is 10.5. The fourth-order valence-corrected chi connectivity index (χ4v) is 8.60. The number of halogens is 2. The van der Waals surface area contributed by atoms with Crippen LogP contribution in [-0.4, -0.2) is 30.9 Å². The van der Waals surface area contributed by atoms with Crippen LogP contribution >= 0.6 is 56.5 Å². The van der Waals surface area contributed by atoms with Crippen molar-refractivity contribution in [1.29, 1.82) is 0 Å². The van der Waals surface area contributed by atoms with Crippen LogP contribution in [0.5, 0.6) is 17.2 Å². The lowest BCUT2D eigenvalue weighted by Gasteiger charge is -2.23. The van der Waals surface area contributed by atoms with Crippen LogP contribution in [0.15, 0.2) is 94.4 Å². The fraction of sp³-hybridized carbons (Fsp3) is 0.194. The maximum absolute atomic E-state index is 14.1. The molecular formula is C36H30I2N2O6S. The molecule has 4 aromatic carbocycles. The standard InChI is InChI=1S/C36H30I2N2O6S/c1-4-44-29-14-13-23(18-30(29)45-5-2)32-26(35(42)43-3)19-39-36-40(32)34(41)31(47-36)17-21-15-27(37)33(28(38)16-21)46-20-24-11-8-10-22-9-6-7-12-25(22)24/h6-19,32H,4-5,20H2,1-3H3/b31-17-/t32-/m1/s1. The second kappa shape index (κ2) is 14.6. The molecule has 1 atom stereocenters.